The molecule has 0 spiro atoms. The molecule has 2 atom stereocenters. The van der Waals surface area contributed by atoms with Crippen molar-refractivity contribution in [1.29, 1.82) is 0 Å². The third-order valence-electron chi connectivity index (χ3n) is 4.73. The summed E-state index contributed by atoms with van der Waals surface area (Å²) in [6, 6.07) is 9.81. The molecule has 1 aliphatic rings. The number of nitrogens with one attached hydrogen (secondary N) is 1. The van der Waals surface area contributed by atoms with E-state index in [4.69, 9.17) is 9.47 Å². The second kappa shape index (κ2) is 7.99. The lowest BCUT2D eigenvalue weighted by atomic mass is 9.95. The first kappa shape index (κ1) is 18.6. The van der Waals surface area contributed by atoms with E-state index in [1.807, 2.05) is 43.6 Å². The average Bonchev–Trinajstić information content (AvgIpc) is 3.18. The molecular weight excluding hydrogens is 348 g/mol. The van der Waals surface area contributed by atoms with Crippen LogP contribution in [0.15, 0.2) is 35.7 Å². The summed E-state index contributed by atoms with van der Waals surface area (Å²) in [4.78, 5) is 15.7. The molecule has 140 valence electrons. The molecule has 2 unspecified atom stereocenters. The van der Waals surface area contributed by atoms with Crippen molar-refractivity contribution in [3.63, 3.8) is 0 Å². The van der Waals surface area contributed by atoms with Gasteiger partial charge in [0.15, 0.2) is 11.5 Å². The van der Waals surface area contributed by atoms with E-state index in [2.05, 4.69) is 25.2 Å². The van der Waals surface area contributed by atoms with Crippen molar-refractivity contribution in [3.05, 3.63) is 46.2 Å². The molecule has 5 nitrogen and oxygen atoms in total. The minimum Gasteiger partial charge on any atom is -0.486 e. The Morgan fingerprint density at radius 3 is 2.54 bits per heavy atom. The van der Waals surface area contributed by atoms with Crippen molar-refractivity contribution in [2.24, 2.45) is 5.92 Å². The summed E-state index contributed by atoms with van der Waals surface area (Å²) in [7, 11) is 1.83. The molecule has 0 saturated heterocycles. The highest BCUT2D eigenvalue weighted by molar-refractivity contribution is 7.10. The Balaban J connectivity index is 1.75. The van der Waals surface area contributed by atoms with Gasteiger partial charge in [0.2, 0.25) is 0 Å². The normalized spacial score (nSPS) is 15.4. The number of nitrogens with zero attached hydrogens (tertiary/aromatic N) is 1. The number of carbonyl (C=O) groups is 1. The third-order valence-corrected chi connectivity index (χ3v) is 5.77. The zero-order valence-corrected chi connectivity index (χ0v) is 16.5. The van der Waals surface area contributed by atoms with Crippen molar-refractivity contribution in [2.75, 3.05) is 20.3 Å². The first-order valence-corrected chi connectivity index (χ1v) is 9.81. The van der Waals surface area contributed by atoms with Crippen LogP contribution in [0.3, 0.4) is 0 Å². The lowest BCUT2D eigenvalue weighted by molar-refractivity contribution is 0.170. The Morgan fingerprint density at radius 1 is 1.15 bits per heavy atom. The van der Waals surface area contributed by atoms with Crippen LogP contribution in [0.25, 0.3) is 0 Å². The van der Waals surface area contributed by atoms with Crippen molar-refractivity contribution >= 4 is 17.4 Å². The number of hydrogen-bond donors (Lipinski definition) is 1. The number of rotatable bonds is 5. The Hall–Kier alpha value is -2.21. The van der Waals surface area contributed by atoms with E-state index in [0.29, 0.717) is 13.2 Å². The summed E-state index contributed by atoms with van der Waals surface area (Å²) in [6.45, 7) is 7.37. The van der Waals surface area contributed by atoms with Gasteiger partial charge in [-0.25, -0.2) is 4.79 Å². The molecule has 1 aliphatic heterocycles. The van der Waals surface area contributed by atoms with Crippen LogP contribution in [0.4, 0.5) is 4.79 Å². The van der Waals surface area contributed by atoms with Crippen LogP contribution >= 0.6 is 11.3 Å². The van der Waals surface area contributed by atoms with Gasteiger partial charge in [-0.3, -0.25) is 0 Å². The Bertz CT molecular complexity index is 746. The van der Waals surface area contributed by atoms with Gasteiger partial charge in [-0.2, -0.15) is 0 Å². The molecule has 2 heterocycles. The largest absolute Gasteiger partial charge is 0.486 e. The number of amides is 2. The average molecular weight is 375 g/mol. The van der Waals surface area contributed by atoms with Crippen LogP contribution in [0, 0.1) is 5.92 Å². The molecule has 1 N–H and O–H groups in total. The number of thiophene rings is 1. The Labute approximate surface area is 158 Å². The number of urea groups is 1. The van der Waals surface area contributed by atoms with Gasteiger partial charge < -0.3 is 19.7 Å². The number of hydrogen-bond acceptors (Lipinski definition) is 4. The number of fused-ring (bicyclic) bond motifs is 1. The minimum atomic E-state index is -0.101. The van der Waals surface area contributed by atoms with Crippen LogP contribution < -0.4 is 14.8 Å². The molecule has 0 aliphatic carbocycles. The van der Waals surface area contributed by atoms with Crippen molar-refractivity contribution in [2.45, 2.75) is 32.9 Å². The molecule has 2 amide bonds. The zero-order chi connectivity index (χ0) is 18.7. The summed E-state index contributed by atoms with van der Waals surface area (Å²) in [5.41, 5.74) is 1.02. The summed E-state index contributed by atoms with van der Waals surface area (Å²) in [5, 5.41) is 5.21. The van der Waals surface area contributed by atoms with Crippen LogP contribution in [0.2, 0.25) is 0 Å². The number of carbonyl (C=O) groups excluding carboxylic acids is 1. The summed E-state index contributed by atoms with van der Waals surface area (Å²) in [5.74, 6) is 1.75. The maximum Gasteiger partial charge on any atom is 0.318 e. The number of benzene rings is 1. The molecule has 1 aromatic carbocycles. The van der Waals surface area contributed by atoms with Gasteiger partial charge in [-0.05, 0) is 42.0 Å². The van der Waals surface area contributed by atoms with Crippen molar-refractivity contribution in [3.8, 4) is 11.5 Å². The van der Waals surface area contributed by atoms with Gasteiger partial charge in [0, 0.05) is 11.9 Å². The summed E-state index contributed by atoms with van der Waals surface area (Å²) < 4.78 is 11.3. The minimum absolute atomic E-state index is 0.0306. The molecule has 3 rings (SSSR count). The van der Waals surface area contributed by atoms with Gasteiger partial charge in [0.1, 0.15) is 13.2 Å². The van der Waals surface area contributed by atoms with Gasteiger partial charge in [0.25, 0.3) is 0 Å². The summed E-state index contributed by atoms with van der Waals surface area (Å²) in [6.07, 6.45) is 0. The lowest BCUT2D eigenvalue weighted by Crippen LogP contribution is -2.41. The SMILES string of the molecule is CC(C)C(NC(=O)N(C)C(C)c1cccs1)c1ccc2c(c1)OCCO2. The molecule has 0 saturated carbocycles. The highest BCUT2D eigenvalue weighted by Gasteiger charge is 2.25. The molecular formula is C20H26N2O3S. The van der Waals surface area contributed by atoms with E-state index in [9.17, 15) is 4.79 Å². The second-order valence-corrected chi connectivity index (χ2v) is 7.86. The van der Waals surface area contributed by atoms with Gasteiger partial charge in [-0.15, -0.1) is 11.3 Å². The maximum absolute atomic E-state index is 12.8. The maximum atomic E-state index is 12.8. The zero-order valence-electron chi connectivity index (χ0n) is 15.7. The molecule has 0 radical (unpaired) electrons. The summed E-state index contributed by atoms with van der Waals surface area (Å²) >= 11 is 1.66. The first-order valence-electron chi connectivity index (χ1n) is 8.93. The van der Waals surface area contributed by atoms with Gasteiger partial charge in [-0.1, -0.05) is 26.0 Å². The predicted octanol–water partition coefficient (Wildman–Crippen LogP) is 4.62. The van der Waals surface area contributed by atoms with Crippen LogP contribution in [-0.2, 0) is 0 Å². The fourth-order valence-corrected chi connectivity index (χ4v) is 3.85. The van der Waals surface area contributed by atoms with Crippen molar-refractivity contribution < 1.29 is 14.3 Å². The van der Waals surface area contributed by atoms with E-state index in [1.54, 1.807) is 16.2 Å². The topological polar surface area (TPSA) is 50.8 Å². The molecule has 2 aromatic rings. The lowest BCUT2D eigenvalue weighted by Gasteiger charge is -2.30. The predicted molar refractivity (Wildman–Crippen MR) is 104 cm³/mol. The third kappa shape index (κ3) is 3.96. The molecule has 26 heavy (non-hydrogen) atoms. The van der Waals surface area contributed by atoms with E-state index >= 15 is 0 Å². The molecule has 0 bridgehead atoms. The second-order valence-electron chi connectivity index (χ2n) is 6.88. The highest BCUT2D eigenvalue weighted by Crippen LogP contribution is 2.34. The fraction of sp³-hybridized carbons (Fsp3) is 0.450. The van der Waals surface area contributed by atoms with E-state index in [0.717, 1.165) is 17.1 Å². The van der Waals surface area contributed by atoms with Crippen LogP contribution in [-0.4, -0.2) is 31.2 Å². The van der Waals surface area contributed by atoms with Gasteiger partial charge >= 0.3 is 6.03 Å². The van der Waals surface area contributed by atoms with Gasteiger partial charge in [0.05, 0.1) is 12.1 Å². The molecule has 6 heteroatoms. The monoisotopic (exact) mass is 374 g/mol. The first-order chi connectivity index (χ1) is 12.5. The van der Waals surface area contributed by atoms with Crippen molar-refractivity contribution in [1.82, 2.24) is 10.2 Å². The smallest absolute Gasteiger partial charge is 0.318 e. The fourth-order valence-electron chi connectivity index (χ4n) is 3.02. The molecule has 0 fully saturated rings. The Morgan fingerprint density at radius 2 is 1.88 bits per heavy atom. The van der Waals surface area contributed by atoms with Crippen LogP contribution in [0.5, 0.6) is 11.5 Å². The number of ether oxygens (including phenoxy) is 2. The van der Waals surface area contributed by atoms with Crippen LogP contribution in [0.1, 0.15) is 43.3 Å². The quantitative estimate of drug-likeness (QED) is 0.831. The van der Waals surface area contributed by atoms with E-state index in [1.165, 1.54) is 4.88 Å². The van der Waals surface area contributed by atoms with E-state index in [-0.39, 0.29) is 24.0 Å². The standard InChI is InChI=1S/C20H26N2O3S/c1-13(2)19(15-7-8-16-17(12-15)25-10-9-24-16)21-20(23)22(4)14(3)18-6-5-11-26-18/h5-8,11-14,19H,9-10H2,1-4H3,(H,21,23). The molecule has 1 aromatic heterocycles. The Kier molecular flexibility index (Phi) is 5.71. The highest BCUT2D eigenvalue weighted by atomic mass is 32.1. The van der Waals surface area contributed by atoms with E-state index < -0.39 is 0 Å².